The number of rotatable bonds is 11. The quantitative estimate of drug-likeness (QED) is 0.347. The summed E-state index contributed by atoms with van der Waals surface area (Å²) in [5.74, 6) is 2.18. The van der Waals surface area contributed by atoms with Gasteiger partial charge in [-0.2, -0.15) is 11.8 Å². The van der Waals surface area contributed by atoms with Crippen LogP contribution in [0.25, 0.3) is 0 Å². The minimum absolute atomic E-state index is 0.372. The van der Waals surface area contributed by atoms with Crippen LogP contribution in [0.1, 0.15) is 52.4 Å². The third kappa shape index (κ3) is 7.73. The third-order valence-electron chi connectivity index (χ3n) is 4.38. The highest BCUT2D eigenvalue weighted by molar-refractivity contribution is 7.98. The lowest BCUT2D eigenvalue weighted by Gasteiger charge is -2.27. The number of aliphatic imine (C=N–C) groups is 1. The maximum atomic E-state index is 5.58. The summed E-state index contributed by atoms with van der Waals surface area (Å²) in [7, 11) is 0. The highest BCUT2D eigenvalue weighted by Gasteiger charge is 2.33. The zero-order chi connectivity index (χ0) is 16.1. The number of guanidine groups is 1. The first-order chi connectivity index (χ1) is 10.8. The van der Waals surface area contributed by atoms with Gasteiger partial charge in [0.1, 0.15) is 0 Å². The molecule has 0 saturated heterocycles. The lowest BCUT2D eigenvalue weighted by atomic mass is 9.83. The van der Waals surface area contributed by atoms with Crippen molar-refractivity contribution in [3.8, 4) is 0 Å². The van der Waals surface area contributed by atoms with E-state index in [9.17, 15) is 0 Å². The van der Waals surface area contributed by atoms with E-state index in [0.29, 0.717) is 5.41 Å². The molecule has 4 nitrogen and oxygen atoms in total. The largest absolute Gasteiger partial charge is 0.382 e. The summed E-state index contributed by atoms with van der Waals surface area (Å²) < 4.78 is 5.58. The van der Waals surface area contributed by atoms with Crippen LogP contribution in [0.4, 0.5) is 0 Å². The molecule has 0 aromatic carbocycles. The van der Waals surface area contributed by atoms with Crippen LogP contribution in [-0.4, -0.2) is 50.8 Å². The fourth-order valence-electron chi connectivity index (χ4n) is 3.06. The molecule has 130 valence electrons. The van der Waals surface area contributed by atoms with Crippen molar-refractivity contribution in [2.75, 3.05) is 44.9 Å². The smallest absolute Gasteiger partial charge is 0.191 e. The van der Waals surface area contributed by atoms with E-state index in [2.05, 4.69) is 30.7 Å². The highest BCUT2D eigenvalue weighted by atomic mass is 32.2. The maximum absolute atomic E-state index is 5.58. The summed E-state index contributed by atoms with van der Waals surface area (Å²) >= 11 is 1.90. The standard InChI is InChI=1S/C17H35N3OS/c1-4-18-16(19-12-8-14-22-3)20-15-17(9-6-7-10-17)11-13-21-5-2/h4-15H2,1-3H3,(H2,18,19,20). The summed E-state index contributed by atoms with van der Waals surface area (Å²) in [6.45, 7) is 8.74. The van der Waals surface area contributed by atoms with Crippen molar-refractivity contribution in [3.63, 3.8) is 0 Å². The van der Waals surface area contributed by atoms with Crippen LogP contribution < -0.4 is 10.6 Å². The van der Waals surface area contributed by atoms with Gasteiger partial charge in [0.15, 0.2) is 5.96 Å². The number of nitrogens with zero attached hydrogens (tertiary/aromatic N) is 1. The van der Waals surface area contributed by atoms with E-state index in [1.807, 2.05) is 11.8 Å². The molecular weight excluding hydrogens is 294 g/mol. The summed E-state index contributed by atoms with van der Waals surface area (Å²) in [6, 6.07) is 0. The van der Waals surface area contributed by atoms with Gasteiger partial charge in [-0.05, 0) is 57.0 Å². The summed E-state index contributed by atoms with van der Waals surface area (Å²) in [5.41, 5.74) is 0.372. The second-order valence-corrected chi connectivity index (χ2v) is 7.11. The van der Waals surface area contributed by atoms with Gasteiger partial charge in [-0.3, -0.25) is 4.99 Å². The molecule has 2 N–H and O–H groups in total. The molecule has 0 amide bonds. The number of nitrogens with one attached hydrogen (secondary N) is 2. The summed E-state index contributed by atoms with van der Waals surface area (Å²) in [4.78, 5) is 4.88. The Morgan fingerprint density at radius 1 is 1.23 bits per heavy atom. The number of ether oxygens (including phenoxy) is 1. The molecule has 0 aromatic rings. The molecule has 22 heavy (non-hydrogen) atoms. The Kier molecular flexibility index (Phi) is 10.8. The monoisotopic (exact) mass is 329 g/mol. The van der Waals surface area contributed by atoms with Crippen molar-refractivity contribution in [1.29, 1.82) is 0 Å². The molecule has 1 fully saturated rings. The number of hydrogen-bond donors (Lipinski definition) is 2. The van der Waals surface area contributed by atoms with Crippen LogP contribution in [-0.2, 0) is 4.74 Å². The molecule has 1 aliphatic carbocycles. The van der Waals surface area contributed by atoms with Crippen molar-refractivity contribution >= 4 is 17.7 Å². The van der Waals surface area contributed by atoms with Crippen LogP contribution in [0, 0.1) is 5.41 Å². The Bertz CT molecular complexity index is 304. The van der Waals surface area contributed by atoms with Gasteiger partial charge in [-0.25, -0.2) is 0 Å². The molecule has 0 bridgehead atoms. The molecule has 0 aromatic heterocycles. The van der Waals surface area contributed by atoms with Crippen LogP contribution in [0.2, 0.25) is 0 Å². The molecule has 0 heterocycles. The van der Waals surface area contributed by atoms with E-state index in [4.69, 9.17) is 9.73 Å². The number of thioether (sulfide) groups is 1. The van der Waals surface area contributed by atoms with E-state index in [-0.39, 0.29) is 0 Å². The Morgan fingerprint density at radius 2 is 2.00 bits per heavy atom. The van der Waals surface area contributed by atoms with Gasteiger partial charge < -0.3 is 15.4 Å². The highest BCUT2D eigenvalue weighted by Crippen LogP contribution is 2.41. The third-order valence-corrected chi connectivity index (χ3v) is 5.08. The lowest BCUT2D eigenvalue weighted by molar-refractivity contribution is 0.107. The molecule has 0 atom stereocenters. The van der Waals surface area contributed by atoms with Gasteiger partial charge in [0.2, 0.25) is 0 Å². The first-order valence-corrected chi connectivity index (χ1v) is 10.2. The zero-order valence-corrected chi connectivity index (χ0v) is 15.6. The Morgan fingerprint density at radius 3 is 2.64 bits per heavy atom. The van der Waals surface area contributed by atoms with Crippen LogP contribution in [0.5, 0.6) is 0 Å². The molecule has 1 aliphatic rings. The Labute approximate surface area is 141 Å². The van der Waals surface area contributed by atoms with Gasteiger partial charge in [0.05, 0.1) is 0 Å². The average molecular weight is 330 g/mol. The summed E-state index contributed by atoms with van der Waals surface area (Å²) in [5, 5.41) is 6.83. The Hall–Kier alpha value is -0.420. The minimum atomic E-state index is 0.372. The molecule has 0 unspecified atom stereocenters. The van der Waals surface area contributed by atoms with Gasteiger partial charge in [-0.1, -0.05) is 12.8 Å². The predicted molar refractivity (Wildman–Crippen MR) is 99.0 cm³/mol. The molecular formula is C17H35N3OS. The molecule has 5 heteroatoms. The predicted octanol–water partition coefficient (Wildman–Crippen LogP) is 3.28. The van der Waals surface area contributed by atoms with Crippen LogP contribution in [0.15, 0.2) is 4.99 Å². The van der Waals surface area contributed by atoms with Crippen molar-refractivity contribution < 1.29 is 4.74 Å². The number of hydrogen-bond acceptors (Lipinski definition) is 3. The van der Waals surface area contributed by atoms with E-state index >= 15 is 0 Å². The fourth-order valence-corrected chi connectivity index (χ4v) is 3.49. The minimum Gasteiger partial charge on any atom is -0.382 e. The fraction of sp³-hybridized carbons (Fsp3) is 0.941. The average Bonchev–Trinajstić information content (AvgIpc) is 2.98. The van der Waals surface area contributed by atoms with E-state index < -0.39 is 0 Å². The second-order valence-electron chi connectivity index (χ2n) is 6.12. The van der Waals surface area contributed by atoms with Crippen molar-refractivity contribution in [3.05, 3.63) is 0 Å². The van der Waals surface area contributed by atoms with Crippen molar-refractivity contribution in [2.24, 2.45) is 10.4 Å². The van der Waals surface area contributed by atoms with Crippen LogP contribution in [0.3, 0.4) is 0 Å². The van der Waals surface area contributed by atoms with Crippen molar-refractivity contribution in [2.45, 2.75) is 52.4 Å². The molecule has 0 aliphatic heterocycles. The molecule has 1 rings (SSSR count). The normalized spacial score (nSPS) is 17.7. The zero-order valence-electron chi connectivity index (χ0n) is 14.7. The second kappa shape index (κ2) is 12.1. The van der Waals surface area contributed by atoms with Gasteiger partial charge in [0, 0.05) is 32.8 Å². The van der Waals surface area contributed by atoms with Crippen LogP contribution >= 0.6 is 11.8 Å². The molecule has 0 spiro atoms. The van der Waals surface area contributed by atoms with E-state index in [1.54, 1.807) is 0 Å². The van der Waals surface area contributed by atoms with Gasteiger partial charge >= 0.3 is 0 Å². The SMILES string of the molecule is CCNC(=NCC1(CCOCC)CCCC1)NCCCSC. The van der Waals surface area contributed by atoms with Crippen molar-refractivity contribution in [1.82, 2.24) is 10.6 Å². The Balaban J connectivity index is 2.48. The first-order valence-electron chi connectivity index (χ1n) is 8.85. The first kappa shape index (κ1) is 19.6. The molecule has 1 saturated carbocycles. The van der Waals surface area contributed by atoms with Gasteiger partial charge in [-0.15, -0.1) is 0 Å². The van der Waals surface area contributed by atoms with E-state index in [1.165, 1.54) is 37.9 Å². The van der Waals surface area contributed by atoms with Gasteiger partial charge in [0.25, 0.3) is 0 Å². The lowest BCUT2D eigenvalue weighted by Crippen LogP contribution is -2.39. The summed E-state index contributed by atoms with van der Waals surface area (Å²) in [6.07, 6.45) is 9.78. The maximum Gasteiger partial charge on any atom is 0.191 e. The molecule has 0 radical (unpaired) electrons. The topological polar surface area (TPSA) is 45.7 Å². The van der Waals surface area contributed by atoms with E-state index in [0.717, 1.165) is 45.2 Å².